The first kappa shape index (κ1) is 14.4. The summed E-state index contributed by atoms with van der Waals surface area (Å²) >= 11 is 0. The van der Waals surface area contributed by atoms with E-state index in [0.717, 1.165) is 12.8 Å². The molecule has 1 fully saturated rings. The smallest absolute Gasteiger partial charge is 0.312 e. The van der Waals surface area contributed by atoms with E-state index in [1.54, 1.807) is 18.7 Å². The van der Waals surface area contributed by atoms with Crippen LogP contribution in [0.1, 0.15) is 24.2 Å². The number of rotatable bonds is 4. The van der Waals surface area contributed by atoms with Gasteiger partial charge >= 0.3 is 5.69 Å². The molecule has 0 aliphatic carbocycles. The third-order valence-electron chi connectivity index (χ3n) is 3.72. The summed E-state index contributed by atoms with van der Waals surface area (Å²) < 4.78 is 1.36. The van der Waals surface area contributed by atoms with Crippen LogP contribution in [0.2, 0.25) is 0 Å². The van der Waals surface area contributed by atoms with Crippen molar-refractivity contribution in [2.24, 2.45) is 0 Å². The average molecular weight is 282 g/mol. The van der Waals surface area contributed by atoms with Crippen LogP contribution in [-0.4, -0.2) is 49.8 Å². The first-order chi connectivity index (χ1) is 9.45. The Kier molecular flexibility index (Phi) is 4.03. The van der Waals surface area contributed by atoms with Crippen molar-refractivity contribution in [1.29, 1.82) is 0 Å². The van der Waals surface area contributed by atoms with Crippen molar-refractivity contribution in [3.8, 4) is 0 Å². The van der Waals surface area contributed by atoms with Gasteiger partial charge in [0.15, 0.2) is 0 Å². The molecule has 1 saturated heterocycles. The molecule has 2 heterocycles. The second-order valence-corrected chi connectivity index (χ2v) is 5.00. The largest absolute Gasteiger partial charge is 0.394 e. The molecule has 1 atom stereocenters. The summed E-state index contributed by atoms with van der Waals surface area (Å²) in [4.78, 5) is 24.3. The molecule has 0 saturated carbocycles. The fourth-order valence-electron chi connectivity index (χ4n) is 2.68. The maximum atomic E-state index is 12.2. The highest BCUT2D eigenvalue weighted by Crippen LogP contribution is 2.23. The Morgan fingerprint density at radius 2 is 2.25 bits per heavy atom. The molecular formula is C12H18N4O4. The average Bonchev–Trinajstić information content (AvgIpc) is 2.94. The van der Waals surface area contributed by atoms with Crippen LogP contribution in [0.15, 0.2) is 0 Å². The van der Waals surface area contributed by atoms with Gasteiger partial charge in [-0.3, -0.25) is 19.6 Å². The van der Waals surface area contributed by atoms with Crippen LogP contribution in [-0.2, 0) is 11.3 Å². The molecule has 1 amide bonds. The number of nitrogens with zero attached hydrogens (tertiary/aromatic N) is 4. The minimum absolute atomic E-state index is 0.0307. The number of aliphatic hydroxyl groups is 1. The van der Waals surface area contributed by atoms with Gasteiger partial charge in [-0.05, 0) is 26.7 Å². The number of nitro groups is 1. The summed E-state index contributed by atoms with van der Waals surface area (Å²) in [5.41, 5.74) is 0.638. The third-order valence-corrected chi connectivity index (χ3v) is 3.72. The van der Waals surface area contributed by atoms with Crippen LogP contribution in [0.25, 0.3) is 0 Å². The normalized spacial score (nSPS) is 18.6. The van der Waals surface area contributed by atoms with E-state index in [0.29, 0.717) is 17.9 Å². The molecular weight excluding hydrogens is 264 g/mol. The molecule has 0 spiro atoms. The zero-order chi connectivity index (χ0) is 14.9. The molecule has 1 aliphatic heterocycles. The molecule has 8 heteroatoms. The van der Waals surface area contributed by atoms with Gasteiger partial charge in [-0.1, -0.05) is 0 Å². The highest BCUT2D eigenvalue weighted by molar-refractivity contribution is 5.76. The Bertz CT molecular complexity index is 540. The van der Waals surface area contributed by atoms with Crippen molar-refractivity contribution >= 4 is 11.6 Å². The number of hydrogen-bond acceptors (Lipinski definition) is 5. The van der Waals surface area contributed by atoms with Gasteiger partial charge in [0.05, 0.1) is 17.6 Å². The van der Waals surface area contributed by atoms with Crippen molar-refractivity contribution in [2.75, 3.05) is 13.2 Å². The molecule has 0 bridgehead atoms. The minimum atomic E-state index is -0.481. The SMILES string of the molecule is Cc1nn(CC(=O)N2CCC[C@H]2CO)c(C)c1[N+](=O)[O-]. The molecule has 1 aromatic heterocycles. The van der Waals surface area contributed by atoms with Crippen molar-refractivity contribution in [3.05, 3.63) is 21.5 Å². The number of aryl methyl sites for hydroxylation is 1. The van der Waals surface area contributed by atoms with E-state index in [4.69, 9.17) is 0 Å². The van der Waals surface area contributed by atoms with Gasteiger partial charge in [0.2, 0.25) is 5.91 Å². The van der Waals surface area contributed by atoms with Gasteiger partial charge < -0.3 is 10.0 Å². The summed E-state index contributed by atoms with van der Waals surface area (Å²) in [6, 6.07) is -0.144. The lowest BCUT2D eigenvalue weighted by atomic mass is 10.2. The maximum absolute atomic E-state index is 12.2. The predicted octanol–water partition coefficient (Wildman–Crippen LogP) is 0.391. The predicted molar refractivity (Wildman–Crippen MR) is 70.2 cm³/mol. The third kappa shape index (κ3) is 2.51. The Balaban J connectivity index is 2.16. The molecule has 1 N–H and O–H groups in total. The van der Waals surface area contributed by atoms with Crippen LogP contribution >= 0.6 is 0 Å². The quantitative estimate of drug-likeness (QED) is 0.636. The van der Waals surface area contributed by atoms with Crippen molar-refractivity contribution in [3.63, 3.8) is 0 Å². The molecule has 0 aromatic carbocycles. The lowest BCUT2D eigenvalue weighted by molar-refractivity contribution is -0.386. The highest BCUT2D eigenvalue weighted by Gasteiger charge is 2.30. The number of aromatic nitrogens is 2. The number of amides is 1. The van der Waals surface area contributed by atoms with E-state index in [-0.39, 0.29) is 30.8 Å². The van der Waals surface area contributed by atoms with Gasteiger partial charge in [-0.15, -0.1) is 0 Å². The Morgan fingerprint density at radius 1 is 1.55 bits per heavy atom. The number of hydrogen-bond donors (Lipinski definition) is 1. The van der Waals surface area contributed by atoms with E-state index >= 15 is 0 Å². The second kappa shape index (κ2) is 5.58. The molecule has 1 aliphatic rings. The summed E-state index contributed by atoms with van der Waals surface area (Å²) in [5, 5.41) is 24.2. The van der Waals surface area contributed by atoms with Crippen molar-refractivity contribution in [2.45, 2.75) is 39.3 Å². The summed E-state index contributed by atoms with van der Waals surface area (Å²) in [5.74, 6) is -0.165. The van der Waals surface area contributed by atoms with Crippen LogP contribution in [0, 0.1) is 24.0 Å². The van der Waals surface area contributed by atoms with Gasteiger partial charge in [-0.2, -0.15) is 5.10 Å². The lowest BCUT2D eigenvalue weighted by Crippen LogP contribution is -2.39. The number of carbonyl (C=O) groups is 1. The molecule has 20 heavy (non-hydrogen) atoms. The first-order valence-electron chi connectivity index (χ1n) is 6.54. The van der Waals surface area contributed by atoms with Gasteiger partial charge in [0.25, 0.3) is 0 Å². The Morgan fingerprint density at radius 3 is 2.80 bits per heavy atom. The summed E-state index contributed by atoms with van der Waals surface area (Å²) in [6.07, 6.45) is 1.66. The number of carbonyl (C=O) groups excluding carboxylic acids is 1. The molecule has 2 rings (SSSR count). The monoisotopic (exact) mass is 282 g/mol. The van der Waals surface area contributed by atoms with Crippen molar-refractivity contribution < 1.29 is 14.8 Å². The minimum Gasteiger partial charge on any atom is -0.394 e. The molecule has 1 aromatic rings. The highest BCUT2D eigenvalue weighted by atomic mass is 16.6. The van der Waals surface area contributed by atoms with Gasteiger partial charge in [0.1, 0.15) is 17.9 Å². The van der Waals surface area contributed by atoms with Crippen LogP contribution < -0.4 is 0 Å². The standard InChI is InChI=1S/C12H18N4O4/c1-8-12(16(19)20)9(2)15(13-8)6-11(18)14-5-3-4-10(14)7-17/h10,17H,3-7H2,1-2H3/t10-/m0/s1. The maximum Gasteiger partial charge on any atom is 0.312 e. The van der Waals surface area contributed by atoms with Crippen LogP contribution in [0.4, 0.5) is 5.69 Å². The van der Waals surface area contributed by atoms with Gasteiger partial charge in [0, 0.05) is 6.54 Å². The van der Waals surface area contributed by atoms with E-state index in [9.17, 15) is 20.0 Å². The second-order valence-electron chi connectivity index (χ2n) is 5.00. The number of likely N-dealkylation sites (tertiary alicyclic amines) is 1. The van der Waals surface area contributed by atoms with Gasteiger partial charge in [-0.25, -0.2) is 0 Å². The topological polar surface area (TPSA) is 102 Å². The van der Waals surface area contributed by atoms with Crippen molar-refractivity contribution in [1.82, 2.24) is 14.7 Å². The Hall–Kier alpha value is -1.96. The first-order valence-corrected chi connectivity index (χ1v) is 6.54. The van der Waals surface area contributed by atoms with E-state index in [1.807, 2.05) is 0 Å². The summed E-state index contributed by atoms with van der Waals surface area (Å²) in [7, 11) is 0. The molecule has 0 unspecified atom stereocenters. The van der Waals surface area contributed by atoms with E-state index in [1.165, 1.54) is 4.68 Å². The molecule has 8 nitrogen and oxygen atoms in total. The summed E-state index contributed by atoms with van der Waals surface area (Å²) in [6.45, 7) is 3.67. The van der Waals surface area contributed by atoms with Crippen LogP contribution in [0.3, 0.4) is 0 Å². The number of aliphatic hydroxyl groups excluding tert-OH is 1. The van der Waals surface area contributed by atoms with Crippen LogP contribution in [0.5, 0.6) is 0 Å². The fourth-order valence-corrected chi connectivity index (χ4v) is 2.68. The zero-order valence-electron chi connectivity index (χ0n) is 11.6. The molecule has 110 valence electrons. The molecule has 0 radical (unpaired) electrons. The lowest BCUT2D eigenvalue weighted by Gasteiger charge is -2.23. The van der Waals surface area contributed by atoms with E-state index in [2.05, 4.69) is 5.10 Å². The Labute approximate surface area is 116 Å². The van der Waals surface area contributed by atoms with E-state index < -0.39 is 4.92 Å². The zero-order valence-corrected chi connectivity index (χ0v) is 11.6. The fraction of sp³-hybridized carbons (Fsp3) is 0.667.